The second-order valence-corrected chi connectivity index (χ2v) is 14.9. The van der Waals surface area contributed by atoms with E-state index < -0.39 is 43.5 Å². The molecule has 1 aromatic carbocycles. The maximum atomic E-state index is 12.7. The first-order valence-corrected chi connectivity index (χ1v) is 13.9. The third kappa shape index (κ3) is 6.48. The van der Waals surface area contributed by atoms with Crippen LogP contribution in [-0.4, -0.2) is 43.0 Å². The topological polar surface area (TPSA) is 125 Å². The summed E-state index contributed by atoms with van der Waals surface area (Å²) in [5, 5.41) is 13.5. The van der Waals surface area contributed by atoms with Crippen molar-refractivity contribution in [1.29, 1.82) is 0 Å². The van der Waals surface area contributed by atoms with Crippen molar-refractivity contribution in [2.75, 3.05) is 0 Å². The number of carbonyl (C=O) groups excluding carboxylic acids is 3. The molecule has 0 saturated carbocycles. The Morgan fingerprint density at radius 2 is 1.76 bits per heavy atom. The molecule has 0 unspecified atom stereocenters. The van der Waals surface area contributed by atoms with Crippen molar-refractivity contribution in [1.82, 2.24) is 5.32 Å². The summed E-state index contributed by atoms with van der Waals surface area (Å²) in [7, 11) is -2.09. The summed E-state index contributed by atoms with van der Waals surface area (Å²) >= 11 is 0. The minimum Gasteiger partial charge on any atom is -0.460 e. The Balaban J connectivity index is 1.90. The molecule has 1 N–H and O–H groups in total. The highest BCUT2D eigenvalue weighted by atomic mass is 28.4. The number of hydrogen-bond acceptors (Lipinski definition) is 7. The van der Waals surface area contributed by atoms with Gasteiger partial charge in [-0.25, -0.2) is 0 Å². The Hall–Kier alpha value is -2.59. The monoisotopic (exact) mass is 478 g/mol. The number of amides is 1. The van der Waals surface area contributed by atoms with Gasteiger partial charge < -0.3 is 14.5 Å². The molecule has 0 bridgehead atoms. The molecule has 1 heterocycles. The molecule has 10 heteroatoms. The number of carbonyl (C=O) groups is 3. The van der Waals surface area contributed by atoms with Crippen LogP contribution in [0.1, 0.15) is 46.6 Å². The number of hydrogen-bond donors (Lipinski definition) is 1. The third-order valence-corrected chi connectivity index (χ3v) is 11.3. The molecule has 1 aliphatic rings. The first-order chi connectivity index (χ1) is 15.1. The predicted molar refractivity (Wildman–Crippen MR) is 125 cm³/mol. The van der Waals surface area contributed by atoms with Crippen LogP contribution in [0.3, 0.4) is 0 Å². The number of nitrogens with zero attached hydrogens (tertiary/aromatic N) is 1. The number of Topliss-reactive ketones (excluding diaryl/α,β-unsaturated/α-hetero) is 1. The van der Waals surface area contributed by atoms with Crippen molar-refractivity contribution in [2.45, 2.75) is 77.9 Å². The lowest BCUT2D eigenvalue weighted by Crippen LogP contribution is -2.66. The van der Waals surface area contributed by atoms with Gasteiger partial charge in [-0.05, 0) is 42.8 Å². The number of nitro benzene ring substituents is 1. The molecule has 0 radical (unpaired) electrons. The molecule has 4 atom stereocenters. The number of rotatable bonds is 10. The lowest BCUT2D eigenvalue weighted by molar-refractivity contribution is -0.384. The van der Waals surface area contributed by atoms with Gasteiger partial charge in [-0.3, -0.25) is 24.5 Å². The van der Waals surface area contributed by atoms with Crippen molar-refractivity contribution in [3.05, 3.63) is 39.9 Å². The number of ketones is 1. The predicted octanol–water partition coefficient (Wildman–Crippen LogP) is 3.76. The van der Waals surface area contributed by atoms with Gasteiger partial charge in [-0.15, -0.1) is 0 Å². The van der Waals surface area contributed by atoms with E-state index in [9.17, 15) is 24.5 Å². The quantitative estimate of drug-likeness (QED) is 0.136. The molecular formula is C23H34N2O7Si. The number of esters is 1. The van der Waals surface area contributed by atoms with E-state index in [1.807, 2.05) is 6.92 Å². The molecule has 1 fully saturated rings. The van der Waals surface area contributed by atoms with Crippen LogP contribution in [0.25, 0.3) is 0 Å². The van der Waals surface area contributed by atoms with Gasteiger partial charge in [0.2, 0.25) is 5.91 Å². The summed E-state index contributed by atoms with van der Waals surface area (Å²) in [6, 6.07) is 5.24. The maximum Gasteiger partial charge on any atom is 0.313 e. The smallest absolute Gasteiger partial charge is 0.313 e. The fraction of sp³-hybridized carbons (Fsp3) is 0.609. The zero-order chi connectivity index (χ0) is 25.1. The number of β-lactam (4-membered cyclic amide) rings is 1. The van der Waals surface area contributed by atoms with E-state index in [1.54, 1.807) is 6.92 Å². The summed E-state index contributed by atoms with van der Waals surface area (Å²) in [5.74, 6) is -2.16. The Morgan fingerprint density at radius 3 is 2.24 bits per heavy atom. The van der Waals surface area contributed by atoms with Gasteiger partial charge in [0.05, 0.1) is 23.0 Å². The minimum absolute atomic E-state index is 0.00809. The molecular weight excluding hydrogens is 444 g/mol. The fourth-order valence-corrected chi connectivity index (χ4v) is 4.93. The standard InChI is InChI=1S/C23H34N2O7Si/c1-14(21-20(22(28)24-21)15(2)32-33(6,7)23(3,4)5)18(26)12-19(27)31-13-16-8-10-17(11-9-16)25(29)30/h8-11,14-15,20-21H,12-13H2,1-7H3,(H,24,28)/t14-,15+,20+,21+/m0/s1. The molecule has 182 valence electrons. The van der Waals surface area contributed by atoms with Crippen LogP contribution in [0.5, 0.6) is 0 Å². The summed E-state index contributed by atoms with van der Waals surface area (Å²) in [5.41, 5.74) is 0.523. The van der Waals surface area contributed by atoms with Crippen LogP contribution in [0.15, 0.2) is 24.3 Å². The van der Waals surface area contributed by atoms with Gasteiger partial charge >= 0.3 is 5.97 Å². The molecule has 1 aromatic rings. The maximum absolute atomic E-state index is 12.7. The van der Waals surface area contributed by atoms with Crippen LogP contribution in [0.2, 0.25) is 18.1 Å². The van der Waals surface area contributed by atoms with Crippen LogP contribution in [-0.2, 0) is 30.2 Å². The van der Waals surface area contributed by atoms with Crippen molar-refractivity contribution in [3.8, 4) is 0 Å². The van der Waals surface area contributed by atoms with Gasteiger partial charge in [-0.1, -0.05) is 27.7 Å². The van der Waals surface area contributed by atoms with Gasteiger partial charge in [0, 0.05) is 18.1 Å². The van der Waals surface area contributed by atoms with Crippen molar-refractivity contribution < 1.29 is 28.5 Å². The third-order valence-electron chi connectivity index (χ3n) is 6.70. The highest BCUT2D eigenvalue weighted by Crippen LogP contribution is 2.39. The number of nitrogens with one attached hydrogen (secondary N) is 1. The summed E-state index contributed by atoms with van der Waals surface area (Å²) in [4.78, 5) is 47.3. The average Bonchev–Trinajstić information content (AvgIpc) is 2.68. The minimum atomic E-state index is -2.09. The largest absolute Gasteiger partial charge is 0.460 e. The van der Waals surface area contributed by atoms with Gasteiger partial charge in [0.25, 0.3) is 5.69 Å². The van der Waals surface area contributed by atoms with Gasteiger partial charge in [0.1, 0.15) is 18.8 Å². The molecule has 0 spiro atoms. The first kappa shape index (κ1) is 26.7. The zero-order valence-corrected chi connectivity index (χ0v) is 21.3. The zero-order valence-electron chi connectivity index (χ0n) is 20.3. The van der Waals surface area contributed by atoms with E-state index in [2.05, 4.69) is 39.2 Å². The van der Waals surface area contributed by atoms with Gasteiger partial charge in [0.15, 0.2) is 8.32 Å². The normalized spacial score (nSPS) is 20.3. The summed E-state index contributed by atoms with van der Waals surface area (Å²) in [6.07, 6.45) is -0.751. The number of nitro groups is 1. The summed E-state index contributed by atoms with van der Waals surface area (Å²) in [6.45, 7) is 14.1. The van der Waals surface area contributed by atoms with Crippen LogP contribution >= 0.6 is 0 Å². The molecule has 1 aliphatic heterocycles. The Labute approximate surface area is 195 Å². The molecule has 2 rings (SSSR count). The fourth-order valence-electron chi connectivity index (χ4n) is 3.51. The van der Waals surface area contributed by atoms with Crippen molar-refractivity contribution in [3.63, 3.8) is 0 Å². The second kappa shape index (κ2) is 10.1. The Kier molecular flexibility index (Phi) is 8.18. The number of benzene rings is 1. The lowest BCUT2D eigenvalue weighted by atomic mass is 9.77. The molecule has 0 aromatic heterocycles. The van der Waals surface area contributed by atoms with Crippen LogP contribution in [0.4, 0.5) is 5.69 Å². The van der Waals surface area contributed by atoms with Crippen molar-refractivity contribution in [2.24, 2.45) is 11.8 Å². The second-order valence-electron chi connectivity index (χ2n) is 10.2. The Bertz CT molecular complexity index is 908. The van der Waals surface area contributed by atoms with E-state index in [4.69, 9.17) is 9.16 Å². The van der Waals surface area contributed by atoms with E-state index in [-0.39, 0.29) is 35.1 Å². The van der Waals surface area contributed by atoms with Crippen molar-refractivity contribution >= 4 is 31.7 Å². The SMILES string of the molecule is C[C@@H](O[Si](C)(C)C(C)(C)C)[C@H]1C(=O)N[C@@H]1[C@@H](C)C(=O)CC(=O)OCc1ccc([N+](=O)[O-])cc1. The molecule has 1 amide bonds. The van der Waals surface area contributed by atoms with E-state index in [0.29, 0.717) is 5.56 Å². The highest BCUT2D eigenvalue weighted by Gasteiger charge is 2.50. The number of non-ortho nitro benzene ring substituents is 1. The highest BCUT2D eigenvalue weighted by molar-refractivity contribution is 6.74. The van der Waals surface area contributed by atoms with Crippen LogP contribution in [0, 0.1) is 22.0 Å². The average molecular weight is 479 g/mol. The summed E-state index contributed by atoms with van der Waals surface area (Å²) < 4.78 is 11.5. The van der Waals surface area contributed by atoms with E-state index in [0.717, 1.165) is 0 Å². The Morgan fingerprint density at radius 1 is 1.18 bits per heavy atom. The van der Waals surface area contributed by atoms with Crippen LogP contribution < -0.4 is 5.32 Å². The molecule has 9 nitrogen and oxygen atoms in total. The molecule has 33 heavy (non-hydrogen) atoms. The lowest BCUT2D eigenvalue weighted by Gasteiger charge is -2.46. The number of ether oxygens (including phenoxy) is 1. The molecule has 0 aliphatic carbocycles. The van der Waals surface area contributed by atoms with Gasteiger partial charge in [-0.2, -0.15) is 0 Å². The van der Waals surface area contributed by atoms with E-state index in [1.165, 1.54) is 24.3 Å². The molecule has 1 saturated heterocycles. The first-order valence-electron chi connectivity index (χ1n) is 11.0. The van der Waals surface area contributed by atoms with E-state index >= 15 is 0 Å².